The normalized spacial score (nSPS) is 12.3. The van der Waals surface area contributed by atoms with Crippen molar-refractivity contribution in [3.05, 3.63) is 24.3 Å². The molecule has 0 rings (SSSR count). The summed E-state index contributed by atoms with van der Waals surface area (Å²) < 4.78 is 17.3. The van der Waals surface area contributed by atoms with Crippen LogP contribution in [0.2, 0.25) is 0 Å². The van der Waals surface area contributed by atoms with Crippen molar-refractivity contribution in [2.45, 2.75) is 258 Å². The number of unbranched alkanes of at least 4 members (excludes halogenated alkanes) is 29. The molecule has 0 aromatic heterocycles. The summed E-state index contributed by atoms with van der Waals surface area (Å²) in [6.45, 7) is 7.77. The van der Waals surface area contributed by atoms with Crippen LogP contribution in [-0.2, 0) is 23.8 Å². The Balaban J connectivity index is 4.21. The molecule has 0 heterocycles. The fourth-order valence-electron chi connectivity index (χ4n) is 6.83. The van der Waals surface area contributed by atoms with Gasteiger partial charge in [0.2, 0.25) is 0 Å². The van der Waals surface area contributed by atoms with E-state index >= 15 is 0 Å². The van der Waals surface area contributed by atoms with Crippen molar-refractivity contribution in [3.63, 3.8) is 0 Å². The lowest BCUT2D eigenvalue weighted by Gasteiger charge is -2.18. The molecule has 0 bridgehead atoms. The Morgan fingerprint density at radius 1 is 0.389 bits per heavy atom. The van der Waals surface area contributed by atoms with Crippen LogP contribution in [-0.4, -0.2) is 37.9 Å². The van der Waals surface area contributed by atoms with Crippen LogP contribution >= 0.6 is 0 Å². The first-order valence-electron chi connectivity index (χ1n) is 23.9. The monoisotopic (exact) mass is 761 g/mol. The van der Waals surface area contributed by atoms with Crippen molar-refractivity contribution in [1.82, 2.24) is 0 Å². The molecule has 318 valence electrons. The van der Waals surface area contributed by atoms with E-state index in [1.807, 2.05) is 0 Å². The number of carbonyl (C=O) groups excluding carboxylic acids is 2. The second-order valence-corrected chi connectivity index (χ2v) is 16.0. The van der Waals surface area contributed by atoms with Crippen LogP contribution in [0.15, 0.2) is 24.3 Å². The molecule has 5 heteroatoms. The van der Waals surface area contributed by atoms with Crippen molar-refractivity contribution in [3.8, 4) is 0 Å². The predicted octanol–water partition coefficient (Wildman–Crippen LogP) is 15.7. The molecule has 0 saturated heterocycles. The van der Waals surface area contributed by atoms with E-state index < -0.39 is 6.10 Å². The minimum atomic E-state index is -0.535. The van der Waals surface area contributed by atoms with Crippen molar-refractivity contribution in [2.75, 3.05) is 19.8 Å². The zero-order chi connectivity index (χ0) is 39.3. The van der Waals surface area contributed by atoms with Gasteiger partial charge in [0.25, 0.3) is 0 Å². The van der Waals surface area contributed by atoms with Crippen LogP contribution in [0.1, 0.15) is 252 Å². The van der Waals surface area contributed by atoms with Crippen LogP contribution in [0, 0.1) is 0 Å². The first-order valence-corrected chi connectivity index (χ1v) is 23.9. The molecule has 0 aliphatic carbocycles. The van der Waals surface area contributed by atoms with Crippen molar-refractivity contribution < 1.29 is 23.8 Å². The zero-order valence-electron chi connectivity index (χ0n) is 36.5. The van der Waals surface area contributed by atoms with E-state index in [0.717, 1.165) is 51.4 Å². The Hall–Kier alpha value is -1.62. The number of esters is 2. The van der Waals surface area contributed by atoms with Crippen LogP contribution < -0.4 is 0 Å². The standard InChI is InChI=1S/C49H92O5/c1-4-7-10-13-16-19-22-24-25-26-28-30-33-36-39-42-48(50)53-46-47(45-52-44-41-38-35-32-29-23-20-17-14-11-8-5-2)54-49(51)43-40-37-34-31-27-21-18-15-12-9-6-3/h14-15,17-18,47H,4-13,16,19-46H2,1-3H3/b17-14-,18-15-. The van der Waals surface area contributed by atoms with Crippen molar-refractivity contribution in [1.29, 1.82) is 0 Å². The molecule has 0 N–H and O–H groups in total. The largest absolute Gasteiger partial charge is 0.462 e. The van der Waals surface area contributed by atoms with Gasteiger partial charge in [-0.05, 0) is 57.8 Å². The summed E-state index contributed by atoms with van der Waals surface area (Å²) in [6.07, 6.45) is 51.7. The third kappa shape index (κ3) is 43.1. The van der Waals surface area contributed by atoms with Gasteiger partial charge >= 0.3 is 11.9 Å². The lowest BCUT2D eigenvalue weighted by Crippen LogP contribution is -2.30. The minimum absolute atomic E-state index is 0.0853. The average Bonchev–Trinajstić information content (AvgIpc) is 3.17. The maximum absolute atomic E-state index is 12.7. The van der Waals surface area contributed by atoms with Gasteiger partial charge in [0, 0.05) is 19.4 Å². The SMILES string of the molecule is CCCC/C=C\CCCCCCCCOCC(COC(=O)CCCCCCCCCCCCCCCCC)OC(=O)CCCCCCC/C=C\CCCC. The summed E-state index contributed by atoms with van der Waals surface area (Å²) in [5, 5.41) is 0. The smallest absolute Gasteiger partial charge is 0.306 e. The fraction of sp³-hybridized carbons (Fsp3) is 0.878. The fourth-order valence-corrected chi connectivity index (χ4v) is 6.83. The van der Waals surface area contributed by atoms with Crippen LogP contribution in [0.5, 0.6) is 0 Å². The highest BCUT2D eigenvalue weighted by atomic mass is 16.6. The molecule has 1 atom stereocenters. The summed E-state index contributed by atoms with van der Waals surface area (Å²) in [5.74, 6) is -0.400. The van der Waals surface area contributed by atoms with E-state index in [1.54, 1.807) is 0 Å². The number of carbonyl (C=O) groups is 2. The molecule has 5 nitrogen and oxygen atoms in total. The Labute approximate surface area is 337 Å². The van der Waals surface area contributed by atoms with Gasteiger partial charge in [0.15, 0.2) is 6.10 Å². The summed E-state index contributed by atoms with van der Waals surface area (Å²) in [7, 11) is 0. The van der Waals surface area contributed by atoms with Gasteiger partial charge in [-0.25, -0.2) is 0 Å². The third-order valence-corrected chi connectivity index (χ3v) is 10.5. The molecule has 0 spiro atoms. The molecule has 0 aromatic carbocycles. The molecule has 0 saturated carbocycles. The van der Waals surface area contributed by atoms with E-state index in [-0.39, 0.29) is 25.2 Å². The van der Waals surface area contributed by atoms with E-state index in [4.69, 9.17) is 14.2 Å². The first-order chi connectivity index (χ1) is 26.6. The Morgan fingerprint density at radius 2 is 0.741 bits per heavy atom. The van der Waals surface area contributed by atoms with E-state index in [9.17, 15) is 9.59 Å². The number of rotatable bonds is 44. The highest BCUT2D eigenvalue weighted by Crippen LogP contribution is 2.15. The zero-order valence-corrected chi connectivity index (χ0v) is 36.5. The molecule has 0 aliphatic heterocycles. The quantitative estimate of drug-likeness (QED) is 0.0352. The summed E-state index contributed by atoms with van der Waals surface area (Å²) >= 11 is 0. The molecule has 54 heavy (non-hydrogen) atoms. The topological polar surface area (TPSA) is 61.8 Å². The van der Waals surface area contributed by atoms with E-state index in [2.05, 4.69) is 45.1 Å². The van der Waals surface area contributed by atoms with Gasteiger partial charge in [-0.2, -0.15) is 0 Å². The molecular formula is C49H92O5. The Bertz CT molecular complexity index is 821. The van der Waals surface area contributed by atoms with Crippen LogP contribution in [0.3, 0.4) is 0 Å². The number of allylic oxidation sites excluding steroid dienone is 4. The highest BCUT2D eigenvalue weighted by Gasteiger charge is 2.17. The molecule has 1 unspecified atom stereocenters. The first kappa shape index (κ1) is 52.4. The Morgan fingerprint density at radius 3 is 1.19 bits per heavy atom. The maximum Gasteiger partial charge on any atom is 0.306 e. The second kappa shape index (κ2) is 45.8. The molecule has 0 fully saturated rings. The van der Waals surface area contributed by atoms with E-state index in [0.29, 0.717) is 19.4 Å². The van der Waals surface area contributed by atoms with Gasteiger partial charge in [-0.1, -0.05) is 206 Å². The molecule has 0 aliphatic rings. The van der Waals surface area contributed by atoms with Gasteiger partial charge < -0.3 is 14.2 Å². The van der Waals surface area contributed by atoms with Crippen molar-refractivity contribution >= 4 is 11.9 Å². The predicted molar refractivity (Wildman–Crippen MR) is 233 cm³/mol. The van der Waals surface area contributed by atoms with Gasteiger partial charge in [-0.15, -0.1) is 0 Å². The average molecular weight is 761 g/mol. The molecule has 0 amide bonds. The van der Waals surface area contributed by atoms with Gasteiger partial charge in [-0.3, -0.25) is 9.59 Å². The number of hydrogen-bond acceptors (Lipinski definition) is 5. The van der Waals surface area contributed by atoms with Gasteiger partial charge in [0.1, 0.15) is 6.61 Å². The Kier molecular flexibility index (Phi) is 44.4. The number of ether oxygens (including phenoxy) is 3. The van der Waals surface area contributed by atoms with Crippen LogP contribution in [0.4, 0.5) is 0 Å². The third-order valence-electron chi connectivity index (χ3n) is 10.5. The van der Waals surface area contributed by atoms with Gasteiger partial charge in [0.05, 0.1) is 6.61 Å². The minimum Gasteiger partial charge on any atom is -0.462 e. The maximum atomic E-state index is 12.7. The van der Waals surface area contributed by atoms with E-state index in [1.165, 1.54) is 167 Å². The summed E-state index contributed by atoms with van der Waals surface area (Å²) in [4.78, 5) is 25.2. The summed E-state index contributed by atoms with van der Waals surface area (Å²) in [6, 6.07) is 0. The lowest BCUT2D eigenvalue weighted by molar-refractivity contribution is -0.163. The second-order valence-electron chi connectivity index (χ2n) is 16.0. The lowest BCUT2D eigenvalue weighted by atomic mass is 10.0. The van der Waals surface area contributed by atoms with Crippen molar-refractivity contribution in [2.24, 2.45) is 0 Å². The molecular weight excluding hydrogens is 669 g/mol. The number of hydrogen-bond donors (Lipinski definition) is 0. The highest BCUT2D eigenvalue weighted by molar-refractivity contribution is 5.70. The summed E-state index contributed by atoms with van der Waals surface area (Å²) in [5.41, 5.74) is 0. The molecule has 0 aromatic rings. The molecule has 0 radical (unpaired) electrons. The van der Waals surface area contributed by atoms with Crippen LogP contribution in [0.25, 0.3) is 0 Å².